The maximum atomic E-state index is 11.3. The van der Waals surface area contributed by atoms with Crippen LogP contribution >= 0.6 is 0 Å². The van der Waals surface area contributed by atoms with E-state index in [0.29, 0.717) is 6.42 Å². The van der Waals surface area contributed by atoms with Gasteiger partial charge in [-0.2, -0.15) is 0 Å². The fourth-order valence-corrected chi connectivity index (χ4v) is 1.20. The van der Waals surface area contributed by atoms with Gasteiger partial charge in [0.2, 0.25) is 0 Å². The van der Waals surface area contributed by atoms with Gasteiger partial charge < -0.3 is 20.1 Å². The van der Waals surface area contributed by atoms with Gasteiger partial charge in [-0.05, 0) is 12.8 Å². The number of hydrogen-bond acceptors (Lipinski definition) is 5. The molecule has 0 unspecified atom stereocenters. The molecule has 5 heteroatoms. The highest BCUT2D eigenvalue weighted by Crippen LogP contribution is 2.15. The minimum absolute atomic E-state index is 0.0372. The number of esters is 1. The van der Waals surface area contributed by atoms with Crippen LogP contribution in [-0.2, 0) is 9.53 Å². The Morgan fingerprint density at radius 1 is 1.06 bits per heavy atom. The van der Waals surface area contributed by atoms with Crippen LogP contribution in [0.2, 0.25) is 0 Å². The first-order valence-corrected chi connectivity index (χ1v) is 6.06. The fraction of sp³-hybridized carbons (Fsp3) is 0.917. The van der Waals surface area contributed by atoms with Crippen LogP contribution in [0.3, 0.4) is 0 Å². The summed E-state index contributed by atoms with van der Waals surface area (Å²) < 4.78 is 4.99. The largest absolute Gasteiger partial charge is 0.465 e. The van der Waals surface area contributed by atoms with Crippen LogP contribution in [-0.4, -0.2) is 47.7 Å². The van der Waals surface area contributed by atoms with Crippen LogP contribution in [0.15, 0.2) is 0 Å². The first-order chi connectivity index (χ1) is 8.08. The summed E-state index contributed by atoms with van der Waals surface area (Å²) in [6.45, 7) is 1.45. The molecule has 0 aromatic rings. The number of carbonyl (C=O) groups is 1. The monoisotopic (exact) mass is 248 g/mol. The Balaban J connectivity index is 3.59. The van der Waals surface area contributed by atoms with Crippen molar-refractivity contribution in [1.29, 1.82) is 0 Å². The zero-order chi connectivity index (χ0) is 13.1. The second-order valence-electron chi connectivity index (χ2n) is 4.68. The summed E-state index contributed by atoms with van der Waals surface area (Å²) in [5.41, 5.74) is -0.757. The number of hydrogen-bond donors (Lipinski definition) is 3. The zero-order valence-corrected chi connectivity index (χ0v) is 10.5. The van der Waals surface area contributed by atoms with Gasteiger partial charge in [0.25, 0.3) is 0 Å². The average molecular weight is 248 g/mol. The van der Waals surface area contributed by atoms with Crippen molar-refractivity contribution in [2.24, 2.45) is 5.41 Å². The predicted octanol–water partition coefficient (Wildman–Crippen LogP) is 0.463. The lowest BCUT2D eigenvalue weighted by molar-refractivity contribution is -0.149. The third kappa shape index (κ3) is 8.12. The summed E-state index contributed by atoms with van der Waals surface area (Å²) in [6, 6.07) is 0. The Morgan fingerprint density at radius 2 is 1.65 bits per heavy atom. The van der Waals surface area contributed by atoms with Crippen molar-refractivity contribution >= 4 is 5.97 Å². The average Bonchev–Trinajstić information content (AvgIpc) is 2.35. The van der Waals surface area contributed by atoms with Crippen molar-refractivity contribution in [2.75, 3.05) is 26.4 Å². The molecule has 0 radical (unpaired) electrons. The van der Waals surface area contributed by atoms with E-state index >= 15 is 0 Å². The van der Waals surface area contributed by atoms with Crippen LogP contribution in [0.25, 0.3) is 0 Å². The molecule has 0 aliphatic rings. The molecule has 0 spiro atoms. The molecule has 17 heavy (non-hydrogen) atoms. The van der Waals surface area contributed by atoms with E-state index < -0.39 is 5.41 Å². The highest BCUT2D eigenvalue weighted by molar-refractivity contribution is 5.69. The number of aliphatic hydroxyl groups is 3. The second kappa shape index (κ2) is 9.39. The lowest BCUT2D eigenvalue weighted by Gasteiger charge is -2.23. The maximum Gasteiger partial charge on any atom is 0.305 e. The van der Waals surface area contributed by atoms with E-state index in [4.69, 9.17) is 20.1 Å². The molecule has 0 aliphatic carbocycles. The van der Waals surface area contributed by atoms with Gasteiger partial charge in [0, 0.05) is 18.4 Å². The summed E-state index contributed by atoms with van der Waals surface area (Å²) in [6.07, 6.45) is 3.66. The van der Waals surface area contributed by atoms with Crippen LogP contribution in [0, 0.1) is 5.41 Å². The minimum Gasteiger partial charge on any atom is -0.465 e. The van der Waals surface area contributed by atoms with Crippen molar-refractivity contribution in [1.82, 2.24) is 0 Å². The lowest BCUT2D eigenvalue weighted by atomic mass is 9.94. The van der Waals surface area contributed by atoms with Crippen LogP contribution < -0.4 is 0 Å². The number of unbranched alkanes of at least 4 members (excludes halogenated alkanes) is 3. The van der Waals surface area contributed by atoms with Gasteiger partial charge in [-0.3, -0.25) is 4.79 Å². The highest BCUT2D eigenvalue weighted by Gasteiger charge is 2.24. The Kier molecular flexibility index (Phi) is 9.03. The predicted molar refractivity (Wildman–Crippen MR) is 63.4 cm³/mol. The Labute approximate surface area is 102 Å². The zero-order valence-electron chi connectivity index (χ0n) is 10.5. The first kappa shape index (κ1) is 16.4. The normalized spacial score (nSPS) is 11.5. The van der Waals surface area contributed by atoms with Gasteiger partial charge in [0.15, 0.2) is 0 Å². The van der Waals surface area contributed by atoms with E-state index in [1.54, 1.807) is 6.92 Å². The molecule has 0 atom stereocenters. The van der Waals surface area contributed by atoms with Crippen LogP contribution in [0.4, 0.5) is 0 Å². The van der Waals surface area contributed by atoms with Gasteiger partial charge in [0.05, 0.1) is 13.2 Å². The molecule has 0 bridgehead atoms. The summed E-state index contributed by atoms with van der Waals surface area (Å²) in [4.78, 5) is 11.3. The molecular weight excluding hydrogens is 224 g/mol. The van der Waals surface area contributed by atoms with E-state index in [1.807, 2.05) is 0 Å². The number of rotatable bonds is 10. The van der Waals surface area contributed by atoms with Crippen LogP contribution in [0.1, 0.15) is 39.0 Å². The Hall–Kier alpha value is -0.650. The molecule has 0 heterocycles. The molecule has 0 aliphatic heterocycles. The van der Waals surface area contributed by atoms with Crippen molar-refractivity contribution in [3.63, 3.8) is 0 Å². The summed E-state index contributed by atoms with van der Waals surface area (Å²) in [5.74, 6) is -0.304. The van der Waals surface area contributed by atoms with Crippen molar-refractivity contribution in [2.45, 2.75) is 39.0 Å². The van der Waals surface area contributed by atoms with Crippen molar-refractivity contribution < 1.29 is 24.9 Å². The standard InChI is InChI=1S/C12H24O5/c1-12(8-14,9-15)10-17-11(16)6-4-2-3-5-7-13/h13-15H,2-10H2,1H3. The van der Waals surface area contributed by atoms with Crippen LogP contribution in [0.5, 0.6) is 0 Å². The van der Waals surface area contributed by atoms with Crippen molar-refractivity contribution in [3.05, 3.63) is 0 Å². The molecule has 0 aromatic carbocycles. The summed E-state index contributed by atoms with van der Waals surface area (Å²) in [7, 11) is 0. The third-order valence-corrected chi connectivity index (χ3v) is 2.63. The van der Waals surface area contributed by atoms with E-state index in [2.05, 4.69) is 0 Å². The van der Waals surface area contributed by atoms with E-state index in [9.17, 15) is 4.79 Å². The fourth-order valence-electron chi connectivity index (χ4n) is 1.20. The van der Waals surface area contributed by atoms with Gasteiger partial charge in [0.1, 0.15) is 6.61 Å². The lowest BCUT2D eigenvalue weighted by Crippen LogP contribution is -2.32. The van der Waals surface area contributed by atoms with E-state index in [-0.39, 0.29) is 32.4 Å². The SMILES string of the molecule is CC(CO)(CO)COC(=O)CCCCCCO. The van der Waals surface area contributed by atoms with Gasteiger partial charge in [-0.25, -0.2) is 0 Å². The summed E-state index contributed by atoms with van der Waals surface area (Å²) >= 11 is 0. The molecule has 0 saturated heterocycles. The number of carbonyl (C=O) groups excluding carboxylic acids is 1. The van der Waals surface area contributed by atoms with E-state index in [1.165, 1.54) is 0 Å². The van der Waals surface area contributed by atoms with E-state index in [0.717, 1.165) is 25.7 Å². The topological polar surface area (TPSA) is 87.0 Å². The Morgan fingerprint density at radius 3 is 2.18 bits per heavy atom. The third-order valence-electron chi connectivity index (χ3n) is 2.63. The molecule has 3 N–H and O–H groups in total. The molecule has 102 valence electrons. The first-order valence-electron chi connectivity index (χ1n) is 6.06. The number of aliphatic hydroxyl groups excluding tert-OH is 3. The quantitative estimate of drug-likeness (QED) is 0.386. The molecule has 0 fully saturated rings. The van der Waals surface area contributed by atoms with Gasteiger partial charge >= 0.3 is 5.97 Å². The second-order valence-corrected chi connectivity index (χ2v) is 4.68. The Bertz CT molecular complexity index is 201. The molecule has 0 saturated carbocycles. The molecule has 0 rings (SSSR count). The maximum absolute atomic E-state index is 11.3. The molecule has 0 aromatic heterocycles. The molecule has 5 nitrogen and oxygen atoms in total. The van der Waals surface area contributed by atoms with Gasteiger partial charge in [-0.1, -0.05) is 19.8 Å². The molecule has 0 amide bonds. The van der Waals surface area contributed by atoms with Crippen molar-refractivity contribution in [3.8, 4) is 0 Å². The highest BCUT2D eigenvalue weighted by atomic mass is 16.5. The van der Waals surface area contributed by atoms with Gasteiger partial charge in [-0.15, -0.1) is 0 Å². The smallest absolute Gasteiger partial charge is 0.305 e. The minimum atomic E-state index is -0.757. The molecular formula is C12H24O5. The summed E-state index contributed by atoms with van der Waals surface area (Å²) in [5, 5.41) is 26.6. The number of ether oxygens (including phenoxy) is 1.